The van der Waals surface area contributed by atoms with E-state index in [-0.39, 0.29) is 11.8 Å². The van der Waals surface area contributed by atoms with Crippen molar-refractivity contribution in [2.45, 2.75) is 25.4 Å². The highest BCUT2D eigenvalue weighted by molar-refractivity contribution is 7.80. The van der Waals surface area contributed by atoms with Gasteiger partial charge in [-0.25, -0.2) is 0 Å². The summed E-state index contributed by atoms with van der Waals surface area (Å²) in [4.78, 5) is 10.5. The molecule has 0 amide bonds. The molecule has 0 aromatic heterocycles. The van der Waals surface area contributed by atoms with Crippen molar-refractivity contribution in [3.05, 3.63) is 0 Å². The van der Waals surface area contributed by atoms with Gasteiger partial charge in [-0.3, -0.25) is 4.79 Å². The SMILES string of the molecule is CCC(N)CNC(CS)C(=O)O. The van der Waals surface area contributed by atoms with Crippen molar-refractivity contribution in [3.8, 4) is 0 Å². The van der Waals surface area contributed by atoms with Gasteiger partial charge >= 0.3 is 5.97 Å². The number of hydrogen-bond donors (Lipinski definition) is 4. The molecule has 0 aliphatic rings. The Labute approximate surface area is 77.9 Å². The quantitative estimate of drug-likeness (QED) is 0.436. The number of rotatable bonds is 6. The molecule has 0 rings (SSSR count). The third kappa shape index (κ3) is 4.58. The molecular weight excluding hydrogens is 176 g/mol. The van der Waals surface area contributed by atoms with Crippen molar-refractivity contribution < 1.29 is 9.90 Å². The Kier molecular flexibility index (Phi) is 6.14. The van der Waals surface area contributed by atoms with E-state index in [4.69, 9.17) is 10.8 Å². The number of aliphatic carboxylic acids is 1. The van der Waals surface area contributed by atoms with E-state index in [0.29, 0.717) is 6.54 Å². The Morgan fingerprint density at radius 3 is 2.67 bits per heavy atom. The van der Waals surface area contributed by atoms with Crippen LogP contribution in [-0.2, 0) is 4.79 Å². The first-order valence-corrected chi connectivity index (χ1v) is 4.57. The Morgan fingerprint density at radius 1 is 1.75 bits per heavy atom. The summed E-state index contributed by atoms with van der Waals surface area (Å²) in [7, 11) is 0. The van der Waals surface area contributed by atoms with Gasteiger partial charge in [-0.05, 0) is 6.42 Å². The van der Waals surface area contributed by atoms with Crippen LogP contribution in [0.1, 0.15) is 13.3 Å². The zero-order chi connectivity index (χ0) is 9.56. The molecule has 0 spiro atoms. The molecule has 0 aromatic carbocycles. The van der Waals surface area contributed by atoms with Crippen molar-refractivity contribution in [2.24, 2.45) is 5.73 Å². The average Bonchev–Trinajstić information content (AvgIpc) is 2.04. The average molecular weight is 192 g/mol. The number of nitrogens with one attached hydrogen (secondary N) is 1. The van der Waals surface area contributed by atoms with Gasteiger partial charge in [-0.1, -0.05) is 6.92 Å². The molecule has 0 bridgehead atoms. The molecule has 4 N–H and O–H groups in total. The van der Waals surface area contributed by atoms with E-state index in [9.17, 15) is 4.79 Å². The highest BCUT2D eigenvalue weighted by atomic mass is 32.1. The van der Waals surface area contributed by atoms with Gasteiger partial charge in [0.05, 0.1) is 0 Å². The maximum atomic E-state index is 10.5. The van der Waals surface area contributed by atoms with Crippen LogP contribution in [0.2, 0.25) is 0 Å². The van der Waals surface area contributed by atoms with Crippen LogP contribution in [0, 0.1) is 0 Å². The summed E-state index contributed by atoms with van der Waals surface area (Å²) in [6, 6.07) is -0.572. The Bertz CT molecular complexity index is 143. The molecule has 0 radical (unpaired) electrons. The summed E-state index contributed by atoms with van der Waals surface area (Å²) in [6.45, 7) is 2.48. The molecule has 12 heavy (non-hydrogen) atoms. The van der Waals surface area contributed by atoms with Crippen LogP contribution < -0.4 is 11.1 Å². The summed E-state index contributed by atoms with van der Waals surface area (Å²) in [5.41, 5.74) is 5.60. The second-order valence-corrected chi connectivity index (χ2v) is 3.02. The zero-order valence-corrected chi connectivity index (χ0v) is 8.05. The second-order valence-electron chi connectivity index (χ2n) is 2.65. The maximum Gasteiger partial charge on any atom is 0.321 e. The predicted molar refractivity (Wildman–Crippen MR) is 51.5 cm³/mol. The van der Waals surface area contributed by atoms with E-state index in [1.54, 1.807) is 0 Å². The number of carboxylic acids is 1. The topological polar surface area (TPSA) is 75.3 Å². The minimum atomic E-state index is -0.881. The van der Waals surface area contributed by atoms with Crippen molar-refractivity contribution in [1.29, 1.82) is 0 Å². The molecule has 0 saturated carbocycles. The molecule has 0 saturated heterocycles. The fourth-order valence-electron chi connectivity index (χ4n) is 0.668. The molecule has 2 atom stereocenters. The highest BCUT2D eigenvalue weighted by Gasteiger charge is 2.14. The lowest BCUT2D eigenvalue weighted by molar-refractivity contribution is -0.138. The molecule has 4 nitrogen and oxygen atoms in total. The lowest BCUT2D eigenvalue weighted by Gasteiger charge is -2.14. The van der Waals surface area contributed by atoms with Gasteiger partial charge in [-0.2, -0.15) is 12.6 Å². The first-order valence-electron chi connectivity index (χ1n) is 3.94. The van der Waals surface area contributed by atoms with Crippen LogP contribution in [0.4, 0.5) is 0 Å². The minimum Gasteiger partial charge on any atom is -0.480 e. The van der Waals surface area contributed by atoms with Crippen molar-refractivity contribution in [2.75, 3.05) is 12.3 Å². The van der Waals surface area contributed by atoms with Gasteiger partial charge in [0.2, 0.25) is 0 Å². The molecule has 0 aliphatic heterocycles. The van der Waals surface area contributed by atoms with Gasteiger partial charge in [0, 0.05) is 18.3 Å². The van der Waals surface area contributed by atoms with Crippen LogP contribution in [0.5, 0.6) is 0 Å². The molecule has 0 aromatic rings. The predicted octanol–water partition coefficient (Wildman–Crippen LogP) is -0.304. The largest absolute Gasteiger partial charge is 0.480 e. The third-order valence-corrected chi connectivity index (χ3v) is 2.00. The number of carbonyl (C=O) groups is 1. The number of nitrogens with two attached hydrogens (primary N) is 1. The first-order chi connectivity index (χ1) is 5.61. The van der Waals surface area contributed by atoms with E-state index in [0.717, 1.165) is 6.42 Å². The van der Waals surface area contributed by atoms with Crippen LogP contribution in [0.15, 0.2) is 0 Å². The van der Waals surface area contributed by atoms with E-state index < -0.39 is 12.0 Å². The molecule has 0 heterocycles. The summed E-state index contributed by atoms with van der Waals surface area (Å²) in [6.07, 6.45) is 0.839. The smallest absolute Gasteiger partial charge is 0.321 e. The van der Waals surface area contributed by atoms with Gasteiger partial charge < -0.3 is 16.2 Å². The van der Waals surface area contributed by atoms with Gasteiger partial charge in [0.1, 0.15) is 6.04 Å². The molecule has 2 unspecified atom stereocenters. The monoisotopic (exact) mass is 192 g/mol. The molecule has 0 fully saturated rings. The van der Waals surface area contributed by atoms with Crippen molar-refractivity contribution in [1.82, 2.24) is 5.32 Å². The summed E-state index contributed by atoms with van der Waals surface area (Å²) < 4.78 is 0. The lowest BCUT2D eigenvalue weighted by atomic mass is 10.2. The standard InChI is InChI=1S/C7H16N2O2S/c1-2-5(8)3-9-6(4-12)7(10)11/h5-6,9,12H,2-4,8H2,1H3,(H,10,11). The van der Waals surface area contributed by atoms with E-state index in [2.05, 4.69) is 17.9 Å². The van der Waals surface area contributed by atoms with Crippen LogP contribution >= 0.6 is 12.6 Å². The Morgan fingerprint density at radius 2 is 2.33 bits per heavy atom. The molecular formula is C7H16N2O2S. The second kappa shape index (κ2) is 6.28. The van der Waals surface area contributed by atoms with Crippen LogP contribution in [0.3, 0.4) is 0 Å². The molecule has 5 heteroatoms. The van der Waals surface area contributed by atoms with Crippen LogP contribution in [0.25, 0.3) is 0 Å². The number of thiol groups is 1. The Hall–Kier alpha value is -0.260. The fraction of sp³-hybridized carbons (Fsp3) is 0.857. The van der Waals surface area contributed by atoms with Crippen molar-refractivity contribution >= 4 is 18.6 Å². The first kappa shape index (κ1) is 11.7. The third-order valence-electron chi connectivity index (χ3n) is 1.63. The number of carboxylic acid groups (broad SMARTS) is 1. The van der Waals surface area contributed by atoms with Crippen molar-refractivity contribution in [3.63, 3.8) is 0 Å². The van der Waals surface area contributed by atoms with E-state index in [1.165, 1.54) is 0 Å². The summed E-state index contributed by atoms with van der Waals surface area (Å²) >= 11 is 3.90. The summed E-state index contributed by atoms with van der Waals surface area (Å²) in [5.74, 6) is -0.598. The van der Waals surface area contributed by atoms with Gasteiger partial charge in [0.25, 0.3) is 0 Å². The van der Waals surface area contributed by atoms with Gasteiger partial charge in [-0.15, -0.1) is 0 Å². The normalized spacial score (nSPS) is 15.6. The summed E-state index contributed by atoms with van der Waals surface area (Å²) in [5, 5.41) is 11.4. The zero-order valence-electron chi connectivity index (χ0n) is 7.16. The van der Waals surface area contributed by atoms with Gasteiger partial charge in [0.15, 0.2) is 0 Å². The fourth-order valence-corrected chi connectivity index (χ4v) is 0.953. The van der Waals surface area contributed by atoms with Crippen LogP contribution in [-0.4, -0.2) is 35.5 Å². The lowest BCUT2D eigenvalue weighted by Crippen LogP contribution is -2.44. The molecule has 0 aliphatic carbocycles. The minimum absolute atomic E-state index is 0.0201. The number of hydrogen-bond acceptors (Lipinski definition) is 4. The van der Waals surface area contributed by atoms with E-state index >= 15 is 0 Å². The highest BCUT2D eigenvalue weighted by Crippen LogP contribution is 1.90. The molecule has 72 valence electrons. The van der Waals surface area contributed by atoms with E-state index in [1.807, 2.05) is 6.92 Å². The maximum absolute atomic E-state index is 10.5. The Balaban J connectivity index is 3.65.